The number of nitrogens with two attached hydrogens (primary N) is 1. The quantitative estimate of drug-likeness (QED) is 0.229. The van der Waals surface area contributed by atoms with Crippen LogP contribution in [0.2, 0.25) is 5.02 Å². The van der Waals surface area contributed by atoms with Gasteiger partial charge in [0.15, 0.2) is 10.8 Å². The highest BCUT2D eigenvalue weighted by Crippen LogP contribution is 2.49. The number of benzene rings is 1. The molecule has 1 aliphatic carbocycles. The van der Waals surface area contributed by atoms with E-state index in [0.29, 0.717) is 33.5 Å². The summed E-state index contributed by atoms with van der Waals surface area (Å²) in [6.45, 7) is 7.10. The molecule has 2 aliphatic rings. The normalized spacial score (nSPS) is 19.9. The van der Waals surface area contributed by atoms with Gasteiger partial charge in [-0.2, -0.15) is 0 Å². The van der Waals surface area contributed by atoms with Gasteiger partial charge in [-0.3, -0.25) is 0 Å². The lowest BCUT2D eigenvalue weighted by atomic mass is 9.94. The Morgan fingerprint density at radius 2 is 1.88 bits per heavy atom. The lowest BCUT2D eigenvalue weighted by Gasteiger charge is -2.26. The van der Waals surface area contributed by atoms with Crippen molar-refractivity contribution in [3.05, 3.63) is 53.8 Å². The van der Waals surface area contributed by atoms with Crippen molar-refractivity contribution in [2.24, 2.45) is 11.8 Å². The molecule has 0 bridgehead atoms. The monoisotopic (exact) mass is 575 g/mol. The van der Waals surface area contributed by atoms with Gasteiger partial charge in [0, 0.05) is 70.5 Å². The van der Waals surface area contributed by atoms with Crippen molar-refractivity contribution >= 4 is 52.1 Å². The molecule has 0 spiro atoms. The van der Waals surface area contributed by atoms with Crippen molar-refractivity contribution in [3.8, 4) is 22.3 Å². The molecule has 40 heavy (non-hydrogen) atoms. The van der Waals surface area contributed by atoms with Crippen LogP contribution in [0.1, 0.15) is 20.8 Å². The molecule has 1 aliphatic heterocycles. The van der Waals surface area contributed by atoms with E-state index in [9.17, 15) is 4.79 Å². The third kappa shape index (κ3) is 5.13. The lowest BCUT2D eigenvalue weighted by molar-refractivity contribution is 0.0518. The van der Waals surface area contributed by atoms with Crippen molar-refractivity contribution < 1.29 is 9.53 Å². The van der Waals surface area contributed by atoms with Crippen molar-refractivity contribution in [1.82, 2.24) is 25.3 Å². The van der Waals surface area contributed by atoms with E-state index in [-0.39, 0.29) is 12.1 Å². The first kappa shape index (κ1) is 26.6. The lowest BCUT2D eigenvalue weighted by Crippen LogP contribution is -2.38. The van der Waals surface area contributed by atoms with Crippen LogP contribution in [0.15, 0.2) is 53.9 Å². The van der Waals surface area contributed by atoms with Gasteiger partial charge in [0.25, 0.3) is 0 Å². The maximum absolute atomic E-state index is 12.4. The molecule has 11 heteroatoms. The average Bonchev–Trinajstić information content (AvgIpc) is 3.33. The predicted octanol–water partition coefficient (Wildman–Crippen LogP) is 5.67. The number of pyridine rings is 2. The summed E-state index contributed by atoms with van der Waals surface area (Å²) < 4.78 is 5.47. The molecule has 1 saturated carbocycles. The van der Waals surface area contributed by atoms with Gasteiger partial charge in [0.05, 0.1) is 0 Å². The third-order valence-electron chi connectivity index (χ3n) is 7.27. The highest BCUT2D eigenvalue weighted by atomic mass is 35.5. The number of nitrogens with one attached hydrogen (secondary N) is 1. The second kappa shape index (κ2) is 10.1. The number of amides is 1. The van der Waals surface area contributed by atoms with Gasteiger partial charge < -0.3 is 20.7 Å². The number of fused-ring (bicyclic) bond motifs is 2. The summed E-state index contributed by atoms with van der Waals surface area (Å²) in [5.41, 5.74) is 9.54. The minimum Gasteiger partial charge on any atom is -0.444 e. The summed E-state index contributed by atoms with van der Waals surface area (Å²) in [4.78, 5) is 33.2. The Morgan fingerprint density at radius 3 is 2.55 bits per heavy atom. The number of carbonyl (C=O) groups is 1. The molecule has 1 aromatic carbocycles. The van der Waals surface area contributed by atoms with Crippen LogP contribution in [-0.2, 0) is 4.74 Å². The van der Waals surface area contributed by atoms with E-state index >= 15 is 0 Å². The van der Waals surface area contributed by atoms with Crippen LogP contribution >= 0.6 is 23.4 Å². The number of hydrogen-bond acceptors (Lipinski definition) is 9. The fourth-order valence-electron chi connectivity index (χ4n) is 5.42. The Labute approximate surface area is 241 Å². The number of aromatic nitrogens is 4. The number of ether oxygens (including phenoxy) is 1. The Bertz CT molecular complexity index is 1600. The Balaban J connectivity index is 1.39. The fourth-order valence-corrected chi connectivity index (χ4v) is 6.03. The molecule has 3 aromatic heterocycles. The van der Waals surface area contributed by atoms with Crippen LogP contribution < -0.4 is 16.0 Å². The number of anilines is 2. The fraction of sp³-hybridized carbons (Fsp3) is 0.345. The van der Waals surface area contributed by atoms with Crippen LogP contribution in [0, 0.1) is 11.8 Å². The molecule has 206 valence electrons. The van der Waals surface area contributed by atoms with Crippen molar-refractivity contribution in [2.75, 3.05) is 30.0 Å². The highest BCUT2D eigenvalue weighted by Gasteiger charge is 2.57. The number of nitrogens with zero attached hydrogens (tertiary/aromatic N) is 5. The zero-order valence-electron chi connectivity index (χ0n) is 22.7. The van der Waals surface area contributed by atoms with E-state index in [1.54, 1.807) is 18.5 Å². The van der Waals surface area contributed by atoms with Gasteiger partial charge >= 0.3 is 6.09 Å². The number of rotatable bonds is 5. The number of piperidine rings is 1. The van der Waals surface area contributed by atoms with Crippen LogP contribution in [0.5, 0.6) is 0 Å². The first-order valence-corrected chi connectivity index (χ1v) is 14.7. The summed E-state index contributed by atoms with van der Waals surface area (Å²) in [6, 6.07) is 11.7. The van der Waals surface area contributed by atoms with Gasteiger partial charge in [-0.25, -0.2) is 24.7 Å². The summed E-state index contributed by atoms with van der Waals surface area (Å²) in [6.07, 6.45) is 5.13. The van der Waals surface area contributed by atoms with Gasteiger partial charge in [0.1, 0.15) is 17.2 Å². The molecule has 0 radical (unpaired) electrons. The summed E-state index contributed by atoms with van der Waals surface area (Å²) in [5, 5.41) is 5.14. The smallest absolute Gasteiger partial charge is 0.407 e. The molecule has 2 fully saturated rings. The number of alkyl carbamates (subject to hydrolysis) is 1. The zero-order chi connectivity index (χ0) is 28.2. The molecule has 3 N–H and O–H groups in total. The second-order valence-electron chi connectivity index (χ2n) is 11.2. The summed E-state index contributed by atoms with van der Waals surface area (Å²) in [5.74, 6) is 1.89. The first-order valence-electron chi connectivity index (χ1n) is 13.1. The van der Waals surface area contributed by atoms with Crippen LogP contribution in [-0.4, -0.2) is 57.0 Å². The van der Waals surface area contributed by atoms with Crippen molar-refractivity contribution in [1.29, 1.82) is 0 Å². The molecule has 1 amide bonds. The molecule has 4 heterocycles. The zero-order valence-corrected chi connectivity index (χ0v) is 24.3. The number of thioether (sulfide) groups is 1. The van der Waals surface area contributed by atoms with Crippen LogP contribution in [0.25, 0.3) is 33.3 Å². The summed E-state index contributed by atoms with van der Waals surface area (Å²) >= 11 is 8.38. The molecular formula is C29H30ClN7O2S. The van der Waals surface area contributed by atoms with Gasteiger partial charge in [-0.05, 0) is 56.9 Å². The van der Waals surface area contributed by atoms with E-state index in [2.05, 4.69) is 31.2 Å². The van der Waals surface area contributed by atoms with Crippen LogP contribution in [0.4, 0.5) is 16.4 Å². The molecule has 2 atom stereocenters. The number of hydrogen-bond donors (Lipinski definition) is 2. The standard InChI is InChI=1S/C29H30ClN7O2S/c1-29(2,3)39-28(38)34-24-19-13-37(14-20(19)24)26-18(10-16-12-33-27(40-4)36-25(16)35-26)23-17(6-5-7-21(23)30)15-8-9-22(31)32-11-15/h5-12,19-20,24H,13-14H2,1-4H3,(H2,31,32)(H,34,38). The molecule has 6 rings (SSSR count). The summed E-state index contributed by atoms with van der Waals surface area (Å²) in [7, 11) is 0. The number of carbonyl (C=O) groups excluding carboxylic acids is 1. The molecule has 1 saturated heterocycles. The van der Waals surface area contributed by atoms with Gasteiger partial charge in [0.2, 0.25) is 0 Å². The number of nitrogen functional groups attached to an aromatic ring is 1. The second-order valence-corrected chi connectivity index (χ2v) is 12.3. The average molecular weight is 576 g/mol. The maximum Gasteiger partial charge on any atom is 0.407 e. The minimum absolute atomic E-state index is 0.0946. The van der Waals surface area contributed by atoms with Crippen molar-refractivity contribution in [2.45, 2.75) is 37.6 Å². The number of halogens is 1. The largest absolute Gasteiger partial charge is 0.444 e. The maximum atomic E-state index is 12.4. The minimum atomic E-state index is -0.534. The first-order chi connectivity index (χ1) is 19.1. The van der Waals surface area contributed by atoms with Crippen molar-refractivity contribution in [3.63, 3.8) is 0 Å². The van der Waals surface area contributed by atoms with E-state index in [0.717, 1.165) is 46.5 Å². The topological polar surface area (TPSA) is 119 Å². The molecule has 9 nitrogen and oxygen atoms in total. The predicted molar refractivity (Wildman–Crippen MR) is 160 cm³/mol. The Hall–Kier alpha value is -3.63. The van der Waals surface area contributed by atoms with Gasteiger partial charge in [-0.1, -0.05) is 35.5 Å². The molecule has 4 aromatic rings. The Kier molecular flexibility index (Phi) is 6.70. The Morgan fingerprint density at radius 1 is 1.10 bits per heavy atom. The van der Waals surface area contributed by atoms with E-state index < -0.39 is 5.60 Å². The van der Waals surface area contributed by atoms with E-state index in [1.807, 2.05) is 51.3 Å². The SMILES string of the molecule is CSc1ncc2cc(-c3c(Cl)cccc3-c3ccc(N)nc3)c(N3CC4C(C3)C4NC(=O)OC(C)(C)C)nc2n1. The highest BCUT2D eigenvalue weighted by molar-refractivity contribution is 7.98. The van der Waals surface area contributed by atoms with Crippen LogP contribution in [0.3, 0.4) is 0 Å². The van der Waals surface area contributed by atoms with Gasteiger partial charge in [-0.15, -0.1) is 0 Å². The van der Waals surface area contributed by atoms with E-state index in [4.69, 9.17) is 27.1 Å². The molecular weight excluding hydrogens is 546 g/mol. The van der Waals surface area contributed by atoms with E-state index in [1.165, 1.54) is 11.8 Å². The molecule has 2 unspecified atom stereocenters. The third-order valence-corrected chi connectivity index (χ3v) is 8.14.